The summed E-state index contributed by atoms with van der Waals surface area (Å²) in [5.41, 5.74) is 1.24. The van der Waals surface area contributed by atoms with Crippen molar-refractivity contribution in [3.05, 3.63) is 78.4 Å². The van der Waals surface area contributed by atoms with Crippen LogP contribution in [0.4, 0.5) is 19.0 Å². The fourth-order valence-corrected chi connectivity index (χ4v) is 4.52. The Morgan fingerprint density at radius 2 is 1.74 bits per heavy atom. The zero-order chi connectivity index (χ0) is 24.6. The van der Waals surface area contributed by atoms with Crippen LogP contribution in [0.25, 0.3) is 22.0 Å². The Labute approximate surface area is 200 Å². The van der Waals surface area contributed by atoms with Crippen molar-refractivity contribution in [3.8, 4) is 11.1 Å². The third-order valence-electron chi connectivity index (χ3n) is 6.33. The molecular weight excluding hydrogens is 455 g/mol. The first-order chi connectivity index (χ1) is 16.8. The van der Waals surface area contributed by atoms with Crippen molar-refractivity contribution in [2.75, 3.05) is 31.1 Å². The van der Waals surface area contributed by atoms with Gasteiger partial charge >= 0.3 is 6.18 Å². The molecule has 0 N–H and O–H groups in total. The van der Waals surface area contributed by atoms with Gasteiger partial charge in [0, 0.05) is 56.6 Å². The number of carbonyl (C=O) groups excluding carboxylic acids is 1. The van der Waals surface area contributed by atoms with Crippen LogP contribution in [-0.4, -0.2) is 51.5 Å². The third kappa shape index (κ3) is 4.45. The molecule has 180 valence electrons. The quantitative estimate of drug-likeness (QED) is 0.415. The number of hydrogen-bond acceptors (Lipinski definition) is 4. The first kappa shape index (κ1) is 22.9. The molecule has 1 amide bonds. The van der Waals surface area contributed by atoms with Crippen LogP contribution in [0.5, 0.6) is 0 Å². The highest BCUT2D eigenvalue weighted by Gasteiger charge is 2.33. The summed E-state index contributed by atoms with van der Waals surface area (Å²) in [5.74, 6) is 0.544. The van der Waals surface area contributed by atoms with E-state index in [1.807, 2.05) is 59.4 Å². The number of anilines is 1. The Kier molecular flexibility index (Phi) is 5.92. The molecule has 1 aromatic carbocycles. The number of carbonyl (C=O) groups is 1. The highest BCUT2D eigenvalue weighted by molar-refractivity contribution is 5.99. The largest absolute Gasteiger partial charge is 0.433 e. The molecular formula is C26H24F3N5O. The summed E-state index contributed by atoms with van der Waals surface area (Å²) in [6.07, 6.45) is -0.401. The Hall–Kier alpha value is -3.88. The van der Waals surface area contributed by atoms with Crippen molar-refractivity contribution < 1.29 is 18.0 Å². The molecule has 0 aliphatic carbocycles. The maximum absolute atomic E-state index is 13.5. The number of pyridine rings is 2. The predicted molar refractivity (Wildman–Crippen MR) is 128 cm³/mol. The number of fused-ring (bicyclic) bond motifs is 1. The topological polar surface area (TPSA) is 54.3 Å². The Bertz CT molecular complexity index is 1370. The number of aromatic nitrogens is 3. The molecule has 9 heteroatoms. The maximum atomic E-state index is 13.5. The van der Waals surface area contributed by atoms with E-state index in [9.17, 15) is 18.0 Å². The summed E-state index contributed by atoms with van der Waals surface area (Å²) in [7, 11) is 1.84. The summed E-state index contributed by atoms with van der Waals surface area (Å²) in [6.45, 7) is 2.23. The van der Waals surface area contributed by atoms with Crippen LogP contribution in [0.2, 0.25) is 0 Å². The molecule has 5 rings (SSSR count). The molecule has 0 saturated carbocycles. The minimum absolute atomic E-state index is 0.0342. The van der Waals surface area contributed by atoms with Crippen LogP contribution in [0.1, 0.15) is 22.6 Å². The number of amides is 1. The number of aryl methyl sites for hydroxylation is 1. The minimum atomic E-state index is -4.55. The smallest absolute Gasteiger partial charge is 0.354 e. The molecule has 0 spiro atoms. The molecule has 4 aromatic rings. The molecule has 6 nitrogen and oxygen atoms in total. The number of alkyl halides is 3. The maximum Gasteiger partial charge on any atom is 0.433 e. The van der Waals surface area contributed by atoms with Gasteiger partial charge in [-0.2, -0.15) is 13.2 Å². The standard InChI is InChI=1S/C26H24F3N5O/c1-32-12-5-9-21(32)25(35)34-14-6-13-33(15-16-34)24-19-10-11-22(26(27,28)29)31-23(19)20(17-30-24)18-7-3-2-4-8-18/h2-5,7-12,17H,6,13-16H2,1H3. The first-order valence-electron chi connectivity index (χ1n) is 11.4. The van der Waals surface area contributed by atoms with Crippen LogP contribution < -0.4 is 4.90 Å². The van der Waals surface area contributed by atoms with Gasteiger partial charge in [0.2, 0.25) is 0 Å². The molecule has 1 aliphatic heterocycles. The van der Waals surface area contributed by atoms with Crippen LogP contribution in [-0.2, 0) is 13.2 Å². The van der Waals surface area contributed by atoms with E-state index in [2.05, 4.69) is 9.97 Å². The molecule has 0 bridgehead atoms. The second-order valence-corrected chi connectivity index (χ2v) is 8.59. The summed E-state index contributed by atoms with van der Waals surface area (Å²) in [4.78, 5) is 25.5. The lowest BCUT2D eigenvalue weighted by Crippen LogP contribution is -2.36. The van der Waals surface area contributed by atoms with Crippen LogP contribution in [0, 0.1) is 0 Å². The molecule has 0 radical (unpaired) electrons. The van der Waals surface area contributed by atoms with E-state index >= 15 is 0 Å². The van der Waals surface area contributed by atoms with Crippen molar-refractivity contribution in [3.63, 3.8) is 0 Å². The SMILES string of the molecule is Cn1cccc1C(=O)N1CCCN(c2ncc(-c3ccccc3)c3nc(C(F)(F)F)ccc23)CC1. The normalized spacial score (nSPS) is 14.9. The van der Waals surface area contributed by atoms with Gasteiger partial charge in [-0.05, 0) is 36.2 Å². The fourth-order valence-electron chi connectivity index (χ4n) is 4.52. The number of nitrogens with zero attached hydrogens (tertiary/aromatic N) is 5. The Morgan fingerprint density at radius 1 is 0.943 bits per heavy atom. The van der Waals surface area contributed by atoms with E-state index in [0.29, 0.717) is 55.1 Å². The molecule has 1 saturated heterocycles. The number of rotatable bonds is 3. The van der Waals surface area contributed by atoms with Gasteiger partial charge in [0.25, 0.3) is 5.91 Å². The molecule has 4 heterocycles. The van der Waals surface area contributed by atoms with Crippen LogP contribution in [0.3, 0.4) is 0 Å². The van der Waals surface area contributed by atoms with E-state index in [1.54, 1.807) is 16.8 Å². The van der Waals surface area contributed by atoms with Crippen molar-refractivity contribution in [2.24, 2.45) is 7.05 Å². The lowest BCUT2D eigenvalue weighted by atomic mass is 10.0. The Balaban J connectivity index is 1.51. The summed E-state index contributed by atoms with van der Waals surface area (Å²) in [5, 5.41) is 0.557. The van der Waals surface area contributed by atoms with E-state index in [0.717, 1.165) is 11.6 Å². The molecule has 0 atom stereocenters. The summed E-state index contributed by atoms with van der Waals surface area (Å²) >= 11 is 0. The molecule has 1 fully saturated rings. The van der Waals surface area contributed by atoms with Crippen molar-refractivity contribution in [2.45, 2.75) is 12.6 Å². The average Bonchev–Trinajstić information content (AvgIpc) is 3.13. The van der Waals surface area contributed by atoms with Gasteiger partial charge in [0.15, 0.2) is 0 Å². The predicted octanol–water partition coefficient (Wildman–Crippen LogP) is 5.01. The molecule has 35 heavy (non-hydrogen) atoms. The molecule has 3 aromatic heterocycles. The lowest BCUT2D eigenvalue weighted by Gasteiger charge is -2.24. The fraction of sp³-hybridized carbons (Fsp3) is 0.269. The van der Waals surface area contributed by atoms with E-state index in [1.165, 1.54) is 6.07 Å². The van der Waals surface area contributed by atoms with Crippen molar-refractivity contribution in [1.29, 1.82) is 0 Å². The lowest BCUT2D eigenvalue weighted by molar-refractivity contribution is -0.140. The van der Waals surface area contributed by atoms with E-state index < -0.39 is 11.9 Å². The summed E-state index contributed by atoms with van der Waals surface area (Å²) < 4.78 is 42.3. The van der Waals surface area contributed by atoms with Crippen LogP contribution in [0.15, 0.2) is 67.0 Å². The average molecular weight is 480 g/mol. The number of benzene rings is 1. The van der Waals surface area contributed by atoms with Gasteiger partial charge in [-0.15, -0.1) is 0 Å². The number of halogens is 3. The van der Waals surface area contributed by atoms with Crippen molar-refractivity contribution in [1.82, 2.24) is 19.4 Å². The highest BCUT2D eigenvalue weighted by Crippen LogP contribution is 2.36. The minimum Gasteiger partial charge on any atom is -0.354 e. The zero-order valence-electron chi connectivity index (χ0n) is 19.2. The summed E-state index contributed by atoms with van der Waals surface area (Å²) in [6, 6.07) is 15.3. The van der Waals surface area contributed by atoms with Gasteiger partial charge < -0.3 is 14.4 Å². The molecule has 0 unspecified atom stereocenters. The number of hydrogen-bond donors (Lipinski definition) is 0. The molecule has 1 aliphatic rings. The second kappa shape index (κ2) is 9.05. The monoisotopic (exact) mass is 479 g/mol. The van der Waals surface area contributed by atoms with Gasteiger partial charge in [0.05, 0.1) is 5.52 Å². The first-order valence-corrected chi connectivity index (χ1v) is 11.4. The van der Waals surface area contributed by atoms with Gasteiger partial charge in [-0.1, -0.05) is 30.3 Å². The Morgan fingerprint density at radius 3 is 2.46 bits per heavy atom. The van der Waals surface area contributed by atoms with E-state index in [-0.39, 0.29) is 11.4 Å². The van der Waals surface area contributed by atoms with Gasteiger partial charge in [-0.25, -0.2) is 9.97 Å². The van der Waals surface area contributed by atoms with Crippen LogP contribution >= 0.6 is 0 Å². The highest BCUT2D eigenvalue weighted by atomic mass is 19.4. The van der Waals surface area contributed by atoms with Gasteiger partial charge in [0.1, 0.15) is 17.2 Å². The van der Waals surface area contributed by atoms with Gasteiger partial charge in [-0.3, -0.25) is 4.79 Å². The van der Waals surface area contributed by atoms with Crippen molar-refractivity contribution >= 4 is 22.6 Å². The zero-order valence-corrected chi connectivity index (χ0v) is 19.2. The second-order valence-electron chi connectivity index (χ2n) is 8.59. The third-order valence-corrected chi connectivity index (χ3v) is 6.33. The van der Waals surface area contributed by atoms with E-state index in [4.69, 9.17) is 0 Å².